The normalized spacial score (nSPS) is 11.5. The van der Waals surface area contributed by atoms with Crippen LogP contribution in [-0.4, -0.2) is 35.6 Å². The van der Waals surface area contributed by atoms with Gasteiger partial charge in [-0.1, -0.05) is 47.2 Å². The number of carbonyl (C=O) groups excluding carboxylic acids is 1. The summed E-state index contributed by atoms with van der Waals surface area (Å²) in [5.74, 6) is 0.0373. The number of anilines is 2. The highest BCUT2D eigenvalue weighted by Gasteiger charge is 2.24. The van der Waals surface area contributed by atoms with Crippen molar-refractivity contribution < 1.29 is 13.2 Å². The Balaban J connectivity index is 1.39. The van der Waals surface area contributed by atoms with Crippen LogP contribution in [0.4, 0.5) is 11.5 Å². The van der Waals surface area contributed by atoms with Crippen LogP contribution in [0.2, 0.25) is 5.02 Å². The maximum Gasteiger partial charge on any atom is 0.264 e. The molecule has 0 unspecified atom stereocenters. The van der Waals surface area contributed by atoms with Gasteiger partial charge in [-0.25, -0.2) is 13.4 Å². The second-order valence-electron chi connectivity index (χ2n) is 8.15. The first-order chi connectivity index (χ1) is 17.8. The van der Waals surface area contributed by atoms with Crippen molar-refractivity contribution in [3.05, 3.63) is 95.1 Å². The van der Waals surface area contributed by atoms with Crippen LogP contribution in [0.1, 0.15) is 23.0 Å². The number of nitrogens with zero attached hydrogens (tertiary/aromatic N) is 4. The zero-order chi connectivity index (χ0) is 26.2. The monoisotopic (exact) mass is 551 g/mol. The maximum absolute atomic E-state index is 13.2. The minimum atomic E-state index is -3.79. The van der Waals surface area contributed by atoms with Gasteiger partial charge in [-0.2, -0.15) is 9.78 Å². The molecule has 3 aromatic carbocycles. The van der Waals surface area contributed by atoms with Crippen LogP contribution < -0.4 is 9.62 Å². The fraction of sp³-hybridized carbons (Fsp3) is 0.115. The van der Waals surface area contributed by atoms with Crippen molar-refractivity contribution in [1.82, 2.24) is 14.8 Å². The molecule has 2 heterocycles. The molecule has 1 amide bonds. The number of sulfonamides is 1. The van der Waals surface area contributed by atoms with Crippen molar-refractivity contribution in [3.8, 4) is 5.13 Å². The fourth-order valence-electron chi connectivity index (χ4n) is 3.91. The lowest BCUT2D eigenvalue weighted by Gasteiger charge is -2.23. The van der Waals surface area contributed by atoms with Gasteiger partial charge in [0.2, 0.25) is 5.13 Å². The maximum atomic E-state index is 13.2. The van der Waals surface area contributed by atoms with Gasteiger partial charge in [0, 0.05) is 18.2 Å². The largest absolute Gasteiger partial charge is 0.306 e. The van der Waals surface area contributed by atoms with Crippen molar-refractivity contribution >= 4 is 60.6 Å². The van der Waals surface area contributed by atoms with Crippen molar-refractivity contribution in [3.63, 3.8) is 0 Å². The summed E-state index contributed by atoms with van der Waals surface area (Å²) >= 11 is 7.68. The van der Waals surface area contributed by atoms with Crippen molar-refractivity contribution in [1.29, 1.82) is 0 Å². The molecule has 0 saturated heterocycles. The van der Waals surface area contributed by atoms with Gasteiger partial charge in [0.25, 0.3) is 15.9 Å². The van der Waals surface area contributed by atoms with Gasteiger partial charge in [0.1, 0.15) is 11.3 Å². The molecule has 8 nitrogen and oxygen atoms in total. The molecule has 0 fully saturated rings. The lowest BCUT2D eigenvalue weighted by molar-refractivity contribution is 0.102. The van der Waals surface area contributed by atoms with Gasteiger partial charge >= 0.3 is 0 Å². The molecule has 37 heavy (non-hydrogen) atoms. The summed E-state index contributed by atoms with van der Waals surface area (Å²) in [7, 11) is -3.79. The van der Waals surface area contributed by atoms with E-state index in [9.17, 15) is 13.2 Å². The molecule has 5 rings (SSSR count). The van der Waals surface area contributed by atoms with E-state index in [-0.39, 0.29) is 11.4 Å². The first-order valence-corrected chi connectivity index (χ1v) is 14.0. The van der Waals surface area contributed by atoms with Crippen LogP contribution in [0.15, 0.2) is 83.8 Å². The number of hydrogen-bond acceptors (Lipinski definition) is 6. The number of nitrogens with one attached hydrogen (secondary N) is 1. The molecule has 0 atom stereocenters. The standard InChI is InChI=1S/C26H22ClN5O3S2/c1-3-31(19-8-5-4-6-9-19)37(34,35)20-14-12-18(13-15-20)25(33)28-23-16-17(2)30-32(23)26-29-24-21(27)10-7-11-22(24)36-26/h4-16H,3H2,1-2H3,(H,28,33). The fourth-order valence-corrected chi connectivity index (χ4v) is 6.61. The minimum absolute atomic E-state index is 0.0991. The number of para-hydroxylation sites is 2. The molecule has 2 aromatic heterocycles. The second-order valence-corrected chi connectivity index (χ2v) is 11.4. The number of hydrogen-bond donors (Lipinski definition) is 1. The second kappa shape index (κ2) is 9.97. The van der Waals surface area contributed by atoms with E-state index in [0.717, 1.165) is 4.70 Å². The molecular weight excluding hydrogens is 530 g/mol. The third kappa shape index (κ3) is 4.83. The number of amides is 1. The van der Waals surface area contributed by atoms with E-state index < -0.39 is 15.9 Å². The Labute approximate surface area is 223 Å². The highest BCUT2D eigenvalue weighted by molar-refractivity contribution is 7.92. The molecule has 188 valence electrons. The Bertz CT molecular complexity index is 1700. The summed E-state index contributed by atoms with van der Waals surface area (Å²) in [5.41, 5.74) is 2.25. The number of aromatic nitrogens is 3. The summed E-state index contributed by atoms with van der Waals surface area (Å²) in [5, 5.41) is 8.44. The Morgan fingerprint density at radius 2 is 1.78 bits per heavy atom. The van der Waals surface area contributed by atoms with Crippen LogP contribution in [-0.2, 0) is 10.0 Å². The first kappa shape index (κ1) is 24.9. The molecule has 11 heteroatoms. The van der Waals surface area contributed by atoms with Crippen molar-refractivity contribution in [2.24, 2.45) is 0 Å². The van der Waals surface area contributed by atoms with E-state index in [1.54, 1.807) is 48.0 Å². The number of rotatable bonds is 7. The van der Waals surface area contributed by atoms with Crippen LogP contribution >= 0.6 is 22.9 Å². The summed E-state index contributed by atoms with van der Waals surface area (Å²) in [6.45, 7) is 3.87. The molecular formula is C26H22ClN5O3S2. The Hall–Kier alpha value is -3.73. The Morgan fingerprint density at radius 3 is 2.46 bits per heavy atom. The average molecular weight is 552 g/mol. The van der Waals surface area contributed by atoms with E-state index in [1.807, 2.05) is 25.1 Å². The van der Waals surface area contributed by atoms with Crippen molar-refractivity contribution in [2.75, 3.05) is 16.2 Å². The molecule has 0 aliphatic heterocycles. The zero-order valence-electron chi connectivity index (χ0n) is 19.9. The zero-order valence-corrected chi connectivity index (χ0v) is 22.3. The smallest absolute Gasteiger partial charge is 0.264 e. The third-order valence-corrected chi connectivity index (χ3v) is 8.87. The number of benzene rings is 3. The molecule has 1 N–H and O–H groups in total. The van der Waals surface area contributed by atoms with Gasteiger partial charge in [0.15, 0.2) is 0 Å². The molecule has 5 aromatic rings. The average Bonchev–Trinajstić information content (AvgIpc) is 3.49. The number of halogens is 1. The summed E-state index contributed by atoms with van der Waals surface area (Å²) in [6.07, 6.45) is 0. The van der Waals surface area contributed by atoms with Crippen LogP contribution in [0.5, 0.6) is 0 Å². The van der Waals surface area contributed by atoms with Gasteiger partial charge in [-0.15, -0.1) is 0 Å². The van der Waals surface area contributed by atoms with Crippen LogP contribution in [0.25, 0.3) is 15.3 Å². The van der Waals surface area contributed by atoms with Gasteiger partial charge in [-0.05, 0) is 62.4 Å². The SMILES string of the molecule is CCN(c1ccccc1)S(=O)(=O)c1ccc(C(=O)Nc2cc(C)nn2-c2nc3c(Cl)cccc3s2)cc1. The first-order valence-electron chi connectivity index (χ1n) is 11.4. The molecule has 0 aliphatic carbocycles. The lowest BCUT2D eigenvalue weighted by Crippen LogP contribution is -2.30. The highest BCUT2D eigenvalue weighted by Crippen LogP contribution is 2.31. The van der Waals surface area contributed by atoms with Gasteiger partial charge in [-0.3, -0.25) is 9.10 Å². The topological polar surface area (TPSA) is 97.2 Å². The van der Waals surface area contributed by atoms with E-state index in [4.69, 9.17) is 11.6 Å². The van der Waals surface area contributed by atoms with E-state index in [0.29, 0.717) is 38.4 Å². The Morgan fingerprint density at radius 1 is 1.05 bits per heavy atom. The summed E-state index contributed by atoms with van der Waals surface area (Å²) in [6, 6.07) is 22.0. The predicted molar refractivity (Wildman–Crippen MR) is 148 cm³/mol. The van der Waals surface area contributed by atoms with Crippen LogP contribution in [0, 0.1) is 6.92 Å². The number of aryl methyl sites for hydroxylation is 1. The van der Waals surface area contributed by atoms with E-state index in [2.05, 4.69) is 15.4 Å². The number of carbonyl (C=O) groups is 1. The van der Waals surface area contributed by atoms with Crippen LogP contribution in [0.3, 0.4) is 0 Å². The molecule has 0 bridgehead atoms. The third-order valence-electron chi connectivity index (χ3n) is 5.65. The summed E-state index contributed by atoms with van der Waals surface area (Å²) in [4.78, 5) is 17.7. The highest BCUT2D eigenvalue weighted by atomic mass is 35.5. The van der Waals surface area contributed by atoms with Gasteiger partial charge in [0.05, 0.1) is 26.0 Å². The quantitative estimate of drug-likeness (QED) is 0.271. The number of thiazole rings is 1. The van der Waals surface area contributed by atoms with E-state index >= 15 is 0 Å². The molecule has 0 aliphatic rings. The minimum Gasteiger partial charge on any atom is -0.306 e. The predicted octanol–water partition coefficient (Wildman–Crippen LogP) is 5.91. The molecule has 0 spiro atoms. The lowest BCUT2D eigenvalue weighted by atomic mass is 10.2. The van der Waals surface area contributed by atoms with Crippen molar-refractivity contribution in [2.45, 2.75) is 18.7 Å². The van der Waals surface area contributed by atoms with E-state index in [1.165, 1.54) is 39.9 Å². The van der Waals surface area contributed by atoms with Gasteiger partial charge < -0.3 is 5.32 Å². The molecule has 0 saturated carbocycles. The Kier molecular flexibility index (Phi) is 6.72. The number of fused-ring (bicyclic) bond motifs is 1. The summed E-state index contributed by atoms with van der Waals surface area (Å²) < 4.78 is 30.3. The molecule has 0 radical (unpaired) electrons.